The second-order valence-corrected chi connectivity index (χ2v) is 9.24. The van der Waals surface area contributed by atoms with Crippen LogP contribution in [0.25, 0.3) is 0 Å². The molecule has 1 aromatic heterocycles. The number of benzene rings is 1. The molecule has 2 saturated heterocycles. The molecule has 0 radical (unpaired) electrons. The number of ether oxygens (including phenoxy) is 1. The predicted octanol–water partition coefficient (Wildman–Crippen LogP) is 3.51. The number of pyridine rings is 1. The highest BCUT2D eigenvalue weighted by molar-refractivity contribution is 5.85. The fourth-order valence-electron chi connectivity index (χ4n) is 5.21. The van der Waals surface area contributed by atoms with E-state index in [-0.39, 0.29) is 23.8 Å². The van der Waals surface area contributed by atoms with E-state index in [2.05, 4.69) is 22.9 Å². The molecule has 0 N–H and O–H groups in total. The van der Waals surface area contributed by atoms with Crippen molar-refractivity contribution < 1.29 is 14.3 Å². The number of likely N-dealkylation sites (tertiary alicyclic amines) is 1. The van der Waals surface area contributed by atoms with Crippen LogP contribution in [0.1, 0.15) is 49.8 Å². The van der Waals surface area contributed by atoms with Gasteiger partial charge >= 0.3 is 0 Å². The molecule has 2 aromatic rings. The number of nitrogens with zero attached hydrogens (tertiary/aromatic N) is 4. The molecule has 0 spiro atoms. The van der Waals surface area contributed by atoms with Gasteiger partial charge in [-0.05, 0) is 30.5 Å². The van der Waals surface area contributed by atoms with Crippen molar-refractivity contribution in [1.82, 2.24) is 19.7 Å². The summed E-state index contributed by atoms with van der Waals surface area (Å²) in [6, 6.07) is 11.6. The van der Waals surface area contributed by atoms with Crippen molar-refractivity contribution in [2.24, 2.45) is 5.92 Å². The van der Waals surface area contributed by atoms with Crippen molar-refractivity contribution in [3.05, 3.63) is 59.9 Å². The van der Waals surface area contributed by atoms with Gasteiger partial charge in [-0.3, -0.25) is 19.5 Å². The van der Waals surface area contributed by atoms with Crippen LogP contribution in [0.5, 0.6) is 5.75 Å². The molecule has 182 valence electrons. The fraction of sp³-hybridized carbons (Fsp3) is 0.519. The van der Waals surface area contributed by atoms with Crippen molar-refractivity contribution in [3.63, 3.8) is 0 Å². The molecule has 2 amide bonds. The van der Waals surface area contributed by atoms with E-state index in [4.69, 9.17) is 4.74 Å². The van der Waals surface area contributed by atoms with Gasteiger partial charge in [0.15, 0.2) is 0 Å². The van der Waals surface area contributed by atoms with E-state index in [1.807, 2.05) is 46.3 Å². The summed E-state index contributed by atoms with van der Waals surface area (Å²) >= 11 is 0. The van der Waals surface area contributed by atoms with E-state index in [9.17, 15) is 9.59 Å². The third-order valence-electron chi connectivity index (χ3n) is 7.05. The first-order valence-electron chi connectivity index (χ1n) is 12.4. The lowest BCUT2D eigenvalue weighted by Gasteiger charge is -2.44. The highest BCUT2D eigenvalue weighted by Gasteiger charge is 2.43. The monoisotopic (exact) mass is 464 g/mol. The Balaban J connectivity index is 1.51. The van der Waals surface area contributed by atoms with E-state index in [0.29, 0.717) is 32.5 Å². The third kappa shape index (κ3) is 5.41. The largest absolute Gasteiger partial charge is 0.496 e. The Morgan fingerprint density at radius 1 is 1.12 bits per heavy atom. The topological polar surface area (TPSA) is 66.0 Å². The van der Waals surface area contributed by atoms with Gasteiger partial charge in [-0.25, -0.2) is 0 Å². The average Bonchev–Trinajstić information content (AvgIpc) is 2.88. The van der Waals surface area contributed by atoms with Crippen molar-refractivity contribution in [3.8, 4) is 5.75 Å². The minimum absolute atomic E-state index is 0.134. The summed E-state index contributed by atoms with van der Waals surface area (Å²) in [6.07, 6.45) is 6.62. The molecule has 7 nitrogen and oxygen atoms in total. The summed E-state index contributed by atoms with van der Waals surface area (Å²) in [5.41, 5.74) is 2.12. The van der Waals surface area contributed by atoms with E-state index in [1.54, 1.807) is 13.3 Å². The maximum atomic E-state index is 13.8. The summed E-state index contributed by atoms with van der Waals surface area (Å²) < 4.78 is 5.66. The zero-order valence-electron chi connectivity index (χ0n) is 20.4. The van der Waals surface area contributed by atoms with Crippen LogP contribution < -0.4 is 4.74 Å². The Labute approximate surface area is 202 Å². The van der Waals surface area contributed by atoms with Crippen LogP contribution >= 0.6 is 0 Å². The van der Waals surface area contributed by atoms with Crippen LogP contribution in [0.4, 0.5) is 0 Å². The number of piperidine rings is 1. The number of carbonyl (C=O) groups excluding carboxylic acids is 2. The fourth-order valence-corrected chi connectivity index (χ4v) is 5.21. The van der Waals surface area contributed by atoms with Gasteiger partial charge in [-0.15, -0.1) is 0 Å². The number of methoxy groups -OCH3 is 1. The molecule has 2 aliphatic rings. The summed E-state index contributed by atoms with van der Waals surface area (Å²) in [4.78, 5) is 37.4. The van der Waals surface area contributed by atoms with E-state index < -0.39 is 0 Å². The third-order valence-corrected chi connectivity index (χ3v) is 7.05. The van der Waals surface area contributed by atoms with Crippen molar-refractivity contribution in [1.29, 1.82) is 0 Å². The number of aromatic nitrogens is 1. The zero-order valence-corrected chi connectivity index (χ0v) is 20.4. The molecule has 4 rings (SSSR count). The van der Waals surface area contributed by atoms with Gasteiger partial charge in [0, 0.05) is 63.6 Å². The van der Waals surface area contributed by atoms with Gasteiger partial charge in [0.05, 0.1) is 19.1 Å². The molecule has 7 heteroatoms. The molecular formula is C27H36N4O3. The van der Waals surface area contributed by atoms with Gasteiger partial charge in [-0.2, -0.15) is 0 Å². The number of para-hydroxylation sites is 1. The van der Waals surface area contributed by atoms with E-state index >= 15 is 0 Å². The minimum Gasteiger partial charge on any atom is -0.496 e. The molecule has 2 aliphatic heterocycles. The highest BCUT2D eigenvalue weighted by Crippen LogP contribution is 2.41. The van der Waals surface area contributed by atoms with Gasteiger partial charge in [-0.1, -0.05) is 37.6 Å². The van der Waals surface area contributed by atoms with Gasteiger partial charge in [0.25, 0.3) is 0 Å². The Hall–Kier alpha value is -2.93. The Morgan fingerprint density at radius 2 is 1.91 bits per heavy atom. The van der Waals surface area contributed by atoms with Crippen LogP contribution in [-0.4, -0.2) is 71.3 Å². The van der Waals surface area contributed by atoms with E-state index in [1.165, 1.54) is 5.56 Å². The number of rotatable bonds is 8. The Morgan fingerprint density at radius 3 is 2.62 bits per heavy atom. The Kier molecular flexibility index (Phi) is 8.16. The number of hydrogen-bond acceptors (Lipinski definition) is 5. The molecule has 0 aliphatic carbocycles. The maximum Gasteiger partial charge on any atom is 0.228 e. The summed E-state index contributed by atoms with van der Waals surface area (Å²) in [5.74, 6) is 0.777. The lowest BCUT2D eigenvalue weighted by Crippen LogP contribution is -2.54. The Bertz CT molecular complexity index is 959. The van der Waals surface area contributed by atoms with Gasteiger partial charge in [0.2, 0.25) is 11.8 Å². The smallest absolute Gasteiger partial charge is 0.228 e. The highest BCUT2D eigenvalue weighted by atomic mass is 16.5. The van der Waals surface area contributed by atoms with Crippen LogP contribution in [0.3, 0.4) is 0 Å². The number of carbonyl (C=O) groups is 2. The molecule has 2 atom stereocenters. The first kappa shape index (κ1) is 24.2. The summed E-state index contributed by atoms with van der Waals surface area (Å²) in [7, 11) is 1.65. The first-order valence-corrected chi connectivity index (χ1v) is 12.4. The van der Waals surface area contributed by atoms with E-state index in [0.717, 1.165) is 43.8 Å². The summed E-state index contributed by atoms with van der Waals surface area (Å²) in [5, 5.41) is 0. The van der Waals surface area contributed by atoms with Crippen LogP contribution in [0.2, 0.25) is 0 Å². The second kappa shape index (κ2) is 11.5. The molecule has 3 heterocycles. The molecule has 34 heavy (non-hydrogen) atoms. The van der Waals surface area contributed by atoms with Crippen LogP contribution in [0.15, 0.2) is 48.8 Å². The normalized spacial score (nSPS) is 21.5. The molecular weight excluding hydrogens is 428 g/mol. The standard InChI is InChI=1S/C27H36N4O3/c1-3-4-14-31-25(32)12-11-23(26(31)22-9-5-6-10-24(22)34-2)27(33)30-17-15-29(16-18-30)20-21-8-7-13-28-19-21/h5-10,13,19,23,26H,3-4,11-12,14-18,20H2,1-2H3. The van der Waals surface area contributed by atoms with Crippen LogP contribution in [-0.2, 0) is 16.1 Å². The molecule has 0 saturated carbocycles. The quantitative estimate of drug-likeness (QED) is 0.598. The first-order chi connectivity index (χ1) is 16.6. The lowest BCUT2D eigenvalue weighted by atomic mass is 9.82. The number of amides is 2. The minimum atomic E-state index is -0.287. The predicted molar refractivity (Wildman–Crippen MR) is 131 cm³/mol. The number of unbranched alkanes of at least 4 members (excludes halogenated alkanes) is 1. The van der Waals surface area contributed by atoms with Crippen molar-refractivity contribution >= 4 is 11.8 Å². The molecule has 1 aromatic carbocycles. The number of piperazine rings is 1. The molecule has 0 bridgehead atoms. The molecule has 2 fully saturated rings. The van der Waals surface area contributed by atoms with Crippen molar-refractivity contribution in [2.75, 3.05) is 39.8 Å². The van der Waals surface area contributed by atoms with Crippen LogP contribution in [0, 0.1) is 5.92 Å². The average molecular weight is 465 g/mol. The summed E-state index contributed by atoms with van der Waals surface area (Å²) in [6.45, 7) is 6.73. The second-order valence-electron chi connectivity index (χ2n) is 9.24. The van der Waals surface area contributed by atoms with Gasteiger partial charge in [0.1, 0.15) is 5.75 Å². The SMILES string of the molecule is CCCCN1C(=O)CCC(C(=O)N2CCN(Cc3cccnc3)CC2)C1c1ccccc1OC. The van der Waals surface area contributed by atoms with Gasteiger partial charge < -0.3 is 14.5 Å². The molecule has 2 unspecified atom stereocenters. The zero-order chi connectivity index (χ0) is 23.9. The lowest BCUT2D eigenvalue weighted by molar-refractivity contribution is -0.149. The van der Waals surface area contributed by atoms with Crippen molar-refractivity contribution in [2.45, 2.75) is 45.2 Å². The number of hydrogen-bond donors (Lipinski definition) is 0. The maximum absolute atomic E-state index is 13.8.